The Morgan fingerprint density at radius 3 is 2.57 bits per heavy atom. The first-order chi connectivity index (χ1) is 9.23. The van der Waals surface area contributed by atoms with Crippen LogP contribution in [-0.2, 0) is 0 Å². The first-order valence-electron chi connectivity index (χ1n) is 6.07. The average molecular weight is 388 g/mol. The zero-order chi connectivity index (χ0) is 15.3. The second-order valence-corrected chi connectivity index (χ2v) is 5.50. The third-order valence-electron chi connectivity index (χ3n) is 2.31. The van der Waals surface area contributed by atoms with E-state index >= 15 is 0 Å². The van der Waals surface area contributed by atoms with Gasteiger partial charge in [-0.05, 0) is 32.0 Å². The van der Waals surface area contributed by atoms with Gasteiger partial charge >= 0.3 is 0 Å². The molecule has 0 radical (unpaired) electrons. The van der Waals surface area contributed by atoms with Crippen LogP contribution in [0.3, 0.4) is 0 Å². The van der Waals surface area contributed by atoms with Crippen molar-refractivity contribution in [1.82, 2.24) is 5.32 Å². The summed E-state index contributed by atoms with van der Waals surface area (Å²) in [5.41, 5.74) is 5.14. The minimum absolute atomic E-state index is 0. The van der Waals surface area contributed by atoms with E-state index in [2.05, 4.69) is 21.2 Å². The third kappa shape index (κ3) is 7.06. The smallest absolute Gasteiger partial charge is 0.277 e. The Morgan fingerprint density at radius 1 is 1.43 bits per heavy atom. The van der Waals surface area contributed by atoms with Gasteiger partial charge in [0.25, 0.3) is 11.8 Å². The lowest BCUT2D eigenvalue weighted by molar-refractivity contribution is 0.0118. The van der Waals surface area contributed by atoms with E-state index < -0.39 is 24.9 Å². The summed E-state index contributed by atoms with van der Waals surface area (Å²) in [6.07, 6.45) is -0.0539. The van der Waals surface area contributed by atoms with E-state index in [1.807, 2.05) is 13.8 Å². The maximum absolute atomic E-state index is 13.0. The predicted molar refractivity (Wildman–Crippen MR) is 83.5 cm³/mol. The van der Waals surface area contributed by atoms with Gasteiger partial charge in [-0.2, -0.15) is 0 Å². The molecule has 8 heteroatoms. The number of carbonyl (C=O) groups is 1. The fourth-order valence-corrected chi connectivity index (χ4v) is 1.89. The molecule has 0 heterocycles. The maximum Gasteiger partial charge on any atom is 0.277 e. The lowest BCUT2D eigenvalue weighted by Crippen LogP contribution is -2.41. The number of halogens is 4. The van der Waals surface area contributed by atoms with Crippen LogP contribution in [0.4, 0.5) is 8.78 Å². The Morgan fingerprint density at radius 2 is 2.05 bits per heavy atom. The molecule has 1 aromatic carbocycles. The molecule has 0 aliphatic heterocycles. The summed E-state index contributed by atoms with van der Waals surface area (Å²) in [4.78, 5) is 11.8. The number of hydrogen-bond acceptors (Lipinski definition) is 3. The van der Waals surface area contributed by atoms with Crippen LogP contribution in [0.2, 0.25) is 0 Å². The van der Waals surface area contributed by atoms with Gasteiger partial charge in [0.15, 0.2) is 0 Å². The van der Waals surface area contributed by atoms with Crippen LogP contribution in [0.5, 0.6) is 5.75 Å². The van der Waals surface area contributed by atoms with E-state index in [4.69, 9.17) is 10.5 Å². The van der Waals surface area contributed by atoms with E-state index in [1.54, 1.807) is 6.07 Å². The normalized spacial score (nSPS) is 11.0. The predicted octanol–water partition coefficient (Wildman–Crippen LogP) is 2.98. The van der Waals surface area contributed by atoms with Crippen molar-refractivity contribution >= 4 is 34.2 Å². The van der Waals surface area contributed by atoms with Crippen molar-refractivity contribution in [2.24, 2.45) is 5.73 Å². The Bertz CT molecular complexity index is 487. The molecule has 120 valence electrons. The van der Waals surface area contributed by atoms with Crippen molar-refractivity contribution in [3.63, 3.8) is 0 Å². The van der Waals surface area contributed by atoms with Gasteiger partial charge in [0.1, 0.15) is 5.75 Å². The summed E-state index contributed by atoms with van der Waals surface area (Å²) in [6, 6.07) is 4.73. The van der Waals surface area contributed by atoms with Gasteiger partial charge in [-0.1, -0.05) is 15.9 Å². The first-order valence-corrected chi connectivity index (χ1v) is 6.86. The van der Waals surface area contributed by atoms with Gasteiger partial charge in [-0.25, -0.2) is 8.78 Å². The molecule has 0 atom stereocenters. The number of amides is 1. The highest BCUT2D eigenvalue weighted by Crippen LogP contribution is 2.22. The highest BCUT2D eigenvalue weighted by Gasteiger charge is 2.27. The summed E-state index contributed by atoms with van der Waals surface area (Å²) < 4.78 is 32.1. The molecule has 0 spiro atoms. The number of hydrogen-bond donors (Lipinski definition) is 2. The fraction of sp³-hybridized carbons (Fsp3) is 0.462. The molecular weight excluding hydrogens is 370 g/mol. The molecule has 0 aliphatic rings. The third-order valence-corrected chi connectivity index (χ3v) is 2.77. The van der Waals surface area contributed by atoms with E-state index in [-0.39, 0.29) is 24.1 Å². The van der Waals surface area contributed by atoms with Gasteiger partial charge in [0.05, 0.1) is 19.2 Å². The van der Waals surface area contributed by atoms with E-state index in [0.29, 0.717) is 10.2 Å². The average Bonchev–Trinajstić information content (AvgIpc) is 2.34. The maximum atomic E-state index is 13.0. The van der Waals surface area contributed by atoms with Gasteiger partial charge in [-0.15, -0.1) is 12.4 Å². The summed E-state index contributed by atoms with van der Waals surface area (Å²) >= 11 is 3.25. The largest absolute Gasteiger partial charge is 0.491 e. The summed E-state index contributed by atoms with van der Waals surface area (Å²) in [5.74, 6) is -3.22. The summed E-state index contributed by atoms with van der Waals surface area (Å²) in [7, 11) is 0. The molecule has 0 aliphatic carbocycles. The molecule has 1 amide bonds. The number of ether oxygens (including phenoxy) is 1. The summed E-state index contributed by atoms with van der Waals surface area (Å²) in [5, 5.41) is 2.15. The fourth-order valence-electron chi connectivity index (χ4n) is 1.42. The Balaban J connectivity index is 0.00000400. The van der Waals surface area contributed by atoms with Crippen molar-refractivity contribution in [3.05, 3.63) is 28.2 Å². The lowest BCUT2D eigenvalue weighted by Gasteiger charge is -2.15. The molecule has 0 aromatic heterocycles. The lowest BCUT2D eigenvalue weighted by atomic mass is 10.2. The second kappa shape index (κ2) is 8.51. The number of alkyl halides is 2. The highest BCUT2D eigenvalue weighted by atomic mass is 79.9. The Hall–Kier alpha value is -0.920. The first kappa shape index (κ1) is 20.1. The zero-order valence-corrected chi connectivity index (χ0v) is 14.1. The molecule has 0 fully saturated rings. The van der Waals surface area contributed by atoms with E-state index in [1.165, 1.54) is 12.1 Å². The van der Waals surface area contributed by atoms with Gasteiger partial charge in [0.2, 0.25) is 0 Å². The molecule has 1 aromatic rings. The molecule has 0 saturated heterocycles. The van der Waals surface area contributed by atoms with E-state index in [9.17, 15) is 13.6 Å². The van der Waals surface area contributed by atoms with Crippen LogP contribution in [0.15, 0.2) is 22.7 Å². The number of rotatable bonds is 6. The number of nitrogens with one attached hydrogen (secondary N) is 1. The SMILES string of the molecule is CC(C)Oc1cc(Br)cc(C(=O)NCC(F)(F)CN)c1.Cl. The Kier molecular flexibility index (Phi) is 8.13. The van der Waals surface area contributed by atoms with Gasteiger partial charge in [0, 0.05) is 10.0 Å². The standard InChI is InChI=1S/C13H17BrF2N2O2.ClH/c1-8(2)20-11-4-9(3-10(14)5-11)12(19)18-7-13(15,16)6-17;/h3-5,8H,6-7,17H2,1-2H3,(H,18,19);1H. The van der Waals surface area contributed by atoms with E-state index in [0.717, 1.165) is 0 Å². The Labute approximate surface area is 137 Å². The van der Waals surface area contributed by atoms with Crippen LogP contribution in [0.1, 0.15) is 24.2 Å². The summed E-state index contributed by atoms with van der Waals surface area (Å²) in [6.45, 7) is 2.09. The number of nitrogens with two attached hydrogens (primary N) is 1. The topological polar surface area (TPSA) is 64.3 Å². The molecule has 4 nitrogen and oxygen atoms in total. The minimum Gasteiger partial charge on any atom is -0.491 e. The molecule has 3 N–H and O–H groups in total. The molecule has 0 saturated carbocycles. The molecular formula is C13H18BrClF2N2O2. The van der Waals surface area contributed by atoms with Crippen LogP contribution < -0.4 is 15.8 Å². The van der Waals surface area contributed by atoms with Crippen LogP contribution in [0, 0.1) is 0 Å². The minimum atomic E-state index is -3.11. The van der Waals surface area contributed by atoms with Crippen molar-refractivity contribution in [3.8, 4) is 5.75 Å². The highest BCUT2D eigenvalue weighted by molar-refractivity contribution is 9.10. The van der Waals surface area contributed by atoms with Crippen LogP contribution in [0.25, 0.3) is 0 Å². The van der Waals surface area contributed by atoms with Crippen molar-refractivity contribution in [2.45, 2.75) is 25.9 Å². The van der Waals surface area contributed by atoms with Gasteiger partial charge < -0.3 is 15.8 Å². The van der Waals surface area contributed by atoms with Crippen LogP contribution in [-0.4, -0.2) is 31.0 Å². The number of carbonyl (C=O) groups excluding carboxylic acids is 1. The van der Waals surface area contributed by atoms with Crippen molar-refractivity contribution in [1.29, 1.82) is 0 Å². The molecule has 0 unspecified atom stereocenters. The monoisotopic (exact) mass is 386 g/mol. The second-order valence-electron chi connectivity index (χ2n) is 4.58. The quantitative estimate of drug-likeness (QED) is 0.789. The molecule has 21 heavy (non-hydrogen) atoms. The molecule has 1 rings (SSSR count). The van der Waals surface area contributed by atoms with Gasteiger partial charge in [-0.3, -0.25) is 4.79 Å². The van der Waals surface area contributed by atoms with Crippen molar-refractivity contribution in [2.75, 3.05) is 13.1 Å². The van der Waals surface area contributed by atoms with Crippen LogP contribution >= 0.6 is 28.3 Å². The number of benzene rings is 1. The molecule has 0 bridgehead atoms. The zero-order valence-electron chi connectivity index (χ0n) is 11.7. The van der Waals surface area contributed by atoms with Crippen molar-refractivity contribution < 1.29 is 18.3 Å².